The van der Waals surface area contributed by atoms with Gasteiger partial charge in [0.2, 0.25) is 5.91 Å². The van der Waals surface area contributed by atoms with Crippen LogP contribution in [0.15, 0.2) is 64.9 Å². The molecular weight excluding hydrogens is 360 g/mol. The van der Waals surface area contributed by atoms with Gasteiger partial charge in [-0.15, -0.1) is 23.1 Å². The van der Waals surface area contributed by atoms with Gasteiger partial charge in [0.1, 0.15) is 0 Å². The second kappa shape index (κ2) is 9.01. The fourth-order valence-electron chi connectivity index (χ4n) is 2.46. The molecule has 26 heavy (non-hydrogen) atoms. The molecule has 0 spiro atoms. The maximum absolute atomic E-state index is 12.1. The zero-order valence-electron chi connectivity index (χ0n) is 14.9. The van der Waals surface area contributed by atoms with E-state index in [4.69, 9.17) is 0 Å². The van der Waals surface area contributed by atoms with Gasteiger partial charge in [-0.3, -0.25) is 4.79 Å². The van der Waals surface area contributed by atoms with Crippen molar-refractivity contribution < 1.29 is 4.79 Å². The SMILES string of the molecule is CC(C)c1ccc(-c2csc(NC(=O)CCSc3ccccc3)n2)cc1. The Kier molecular flexibility index (Phi) is 6.47. The lowest BCUT2D eigenvalue weighted by molar-refractivity contribution is -0.115. The van der Waals surface area contributed by atoms with Crippen LogP contribution in [0.1, 0.15) is 31.7 Å². The quantitative estimate of drug-likeness (QED) is 0.505. The number of rotatable bonds is 7. The van der Waals surface area contributed by atoms with Crippen LogP contribution in [0.2, 0.25) is 0 Å². The first kappa shape index (κ1) is 18.7. The number of thiazole rings is 1. The molecule has 1 heterocycles. The van der Waals surface area contributed by atoms with Crippen LogP contribution in [-0.4, -0.2) is 16.6 Å². The number of thioether (sulfide) groups is 1. The molecule has 3 aromatic rings. The Balaban J connectivity index is 1.52. The van der Waals surface area contributed by atoms with E-state index >= 15 is 0 Å². The number of benzene rings is 2. The van der Waals surface area contributed by atoms with Crippen molar-refractivity contribution in [1.29, 1.82) is 0 Å². The number of carbonyl (C=O) groups is 1. The van der Waals surface area contributed by atoms with Crippen LogP contribution >= 0.6 is 23.1 Å². The highest BCUT2D eigenvalue weighted by molar-refractivity contribution is 7.99. The molecule has 0 bridgehead atoms. The van der Waals surface area contributed by atoms with Crippen LogP contribution in [0.4, 0.5) is 5.13 Å². The van der Waals surface area contributed by atoms with Crippen molar-refractivity contribution in [2.75, 3.05) is 11.1 Å². The van der Waals surface area contributed by atoms with Gasteiger partial charge in [0.15, 0.2) is 5.13 Å². The van der Waals surface area contributed by atoms with E-state index in [0.29, 0.717) is 17.5 Å². The van der Waals surface area contributed by atoms with Crippen molar-refractivity contribution in [3.8, 4) is 11.3 Å². The van der Waals surface area contributed by atoms with E-state index in [9.17, 15) is 4.79 Å². The summed E-state index contributed by atoms with van der Waals surface area (Å²) in [5, 5.41) is 5.54. The maximum Gasteiger partial charge on any atom is 0.226 e. The Morgan fingerprint density at radius 1 is 1.12 bits per heavy atom. The molecule has 0 radical (unpaired) electrons. The number of hydrogen-bond donors (Lipinski definition) is 1. The smallest absolute Gasteiger partial charge is 0.226 e. The average Bonchev–Trinajstić information content (AvgIpc) is 3.11. The molecular formula is C21H22N2OS2. The summed E-state index contributed by atoms with van der Waals surface area (Å²) in [6.07, 6.45) is 0.470. The molecule has 1 amide bonds. The molecule has 5 heteroatoms. The Hall–Kier alpha value is -2.11. The third kappa shape index (κ3) is 5.19. The third-order valence-electron chi connectivity index (χ3n) is 3.96. The Morgan fingerprint density at radius 3 is 2.54 bits per heavy atom. The van der Waals surface area contributed by atoms with E-state index in [1.165, 1.54) is 21.8 Å². The number of nitrogens with one attached hydrogen (secondary N) is 1. The number of nitrogens with zero attached hydrogens (tertiary/aromatic N) is 1. The minimum absolute atomic E-state index is 0.00415. The van der Waals surface area contributed by atoms with E-state index in [-0.39, 0.29) is 5.91 Å². The molecule has 0 fully saturated rings. The van der Waals surface area contributed by atoms with Crippen LogP contribution in [0.25, 0.3) is 11.3 Å². The lowest BCUT2D eigenvalue weighted by atomic mass is 10.0. The second-order valence-corrected chi connectivity index (χ2v) is 8.30. The highest BCUT2D eigenvalue weighted by Gasteiger charge is 2.09. The summed E-state index contributed by atoms with van der Waals surface area (Å²) in [5.74, 6) is 1.28. The Morgan fingerprint density at radius 2 is 1.85 bits per heavy atom. The van der Waals surface area contributed by atoms with Gasteiger partial charge in [-0.25, -0.2) is 4.98 Å². The lowest BCUT2D eigenvalue weighted by Gasteiger charge is -2.05. The summed E-state index contributed by atoms with van der Waals surface area (Å²) in [4.78, 5) is 17.8. The van der Waals surface area contributed by atoms with Gasteiger partial charge in [0.05, 0.1) is 5.69 Å². The Labute approximate surface area is 162 Å². The normalized spacial score (nSPS) is 10.9. The van der Waals surface area contributed by atoms with E-state index in [0.717, 1.165) is 17.0 Å². The number of anilines is 1. The fraction of sp³-hybridized carbons (Fsp3) is 0.238. The number of aromatic nitrogens is 1. The van der Waals surface area contributed by atoms with Crippen LogP contribution in [0.3, 0.4) is 0 Å². The van der Waals surface area contributed by atoms with Crippen LogP contribution in [0.5, 0.6) is 0 Å². The molecule has 0 aliphatic carbocycles. The van der Waals surface area contributed by atoms with Crippen molar-refractivity contribution in [1.82, 2.24) is 4.98 Å². The summed E-state index contributed by atoms with van der Waals surface area (Å²) in [6.45, 7) is 4.36. The Bertz CT molecular complexity index is 842. The first-order valence-corrected chi connectivity index (χ1v) is 10.5. The zero-order valence-corrected chi connectivity index (χ0v) is 16.6. The van der Waals surface area contributed by atoms with Crippen LogP contribution in [-0.2, 0) is 4.79 Å². The van der Waals surface area contributed by atoms with E-state index in [1.54, 1.807) is 11.8 Å². The largest absolute Gasteiger partial charge is 0.302 e. The molecule has 0 atom stereocenters. The molecule has 3 rings (SSSR count). The van der Waals surface area contributed by atoms with Crippen molar-refractivity contribution in [3.63, 3.8) is 0 Å². The van der Waals surface area contributed by atoms with Crippen molar-refractivity contribution in [2.45, 2.75) is 31.1 Å². The minimum Gasteiger partial charge on any atom is -0.302 e. The predicted octanol–water partition coefficient (Wildman–Crippen LogP) is 6.05. The first-order valence-electron chi connectivity index (χ1n) is 8.65. The van der Waals surface area contributed by atoms with E-state index < -0.39 is 0 Å². The van der Waals surface area contributed by atoms with Gasteiger partial charge in [0, 0.05) is 28.0 Å². The maximum atomic E-state index is 12.1. The molecule has 134 valence electrons. The number of carbonyl (C=O) groups excluding carboxylic acids is 1. The molecule has 3 nitrogen and oxygen atoms in total. The minimum atomic E-state index is 0.00415. The summed E-state index contributed by atoms with van der Waals surface area (Å²) >= 11 is 3.15. The predicted molar refractivity (Wildman–Crippen MR) is 112 cm³/mol. The van der Waals surface area contributed by atoms with Crippen molar-refractivity contribution in [3.05, 3.63) is 65.5 Å². The summed E-state index contributed by atoms with van der Waals surface area (Å²) < 4.78 is 0. The fourth-order valence-corrected chi connectivity index (χ4v) is 4.07. The molecule has 1 N–H and O–H groups in total. The van der Waals surface area contributed by atoms with Gasteiger partial charge in [0.25, 0.3) is 0 Å². The monoisotopic (exact) mass is 382 g/mol. The van der Waals surface area contributed by atoms with Gasteiger partial charge < -0.3 is 5.32 Å². The number of hydrogen-bond acceptors (Lipinski definition) is 4. The molecule has 0 saturated heterocycles. The van der Waals surface area contributed by atoms with Gasteiger partial charge in [-0.05, 0) is 23.6 Å². The van der Waals surface area contributed by atoms with Crippen molar-refractivity contribution >= 4 is 34.1 Å². The van der Waals surface area contributed by atoms with Crippen LogP contribution in [0, 0.1) is 0 Å². The van der Waals surface area contributed by atoms with Gasteiger partial charge in [-0.2, -0.15) is 0 Å². The highest BCUT2D eigenvalue weighted by Crippen LogP contribution is 2.26. The second-order valence-electron chi connectivity index (χ2n) is 6.27. The molecule has 0 aliphatic heterocycles. The topological polar surface area (TPSA) is 42.0 Å². The lowest BCUT2D eigenvalue weighted by Crippen LogP contribution is -2.11. The standard InChI is InChI=1S/C21H22N2OS2/c1-15(2)16-8-10-17(11-9-16)19-14-26-21(22-19)23-20(24)12-13-25-18-6-4-3-5-7-18/h3-11,14-15H,12-13H2,1-2H3,(H,22,23,24). The summed E-state index contributed by atoms with van der Waals surface area (Å²) in [5.41, 5.74) is 3.29. The zero-order chi connectivity index (χ0) is 18.4. The molecule has 0 unspecified atom stereocenters. The van der Waals surface area contributed by atoms with E-state index in [2.05, 4.69) is 60.5 Å². The van der Waals surface area contributed by atoms with Gasteiger partial charge in [-0.1, -0.05) is 56.3 Å². The molecule has 2 aromatic carbocycles. The average molecular weight is 383 g/mol. The van der Waals surface area contributed by atoms with Crippen LogP contribution < -0.4 is 5.32 Å². The highest BCUT2D eigenvalue weighted by atomic mass is 32.2. The molecule has 0 saturated carbocycles. The molecule has 0 aliphatic rings. The molecule has 1 aromatic heterocycles. The third-order valence-corrected chi connectivity index (χ3v) is 5.74. The van der Waals surface area contributed by atoms with E-state index in [1.807, 2.05) is 23.6 Å². The summed E-state index contributed by atoms with van der Waals surface area (Å²) in [6, 6.07) is 18.6. The van der Waals surface area contributed by atoms with Crippen molar-refractivity contribution in [2.24, 2.45) is 0 Å². The first-order chi connectivity index (χ1) is 12.6. The van der Waals surface area contributed by atoms with Gasteiger partial charge >= 0.3 is 0 Å². The number of amides is 1. The summed E-state index contributed by atoms with van der Waals surface area (Å²) in [7, 11) is 0.